The van der Waals surface area contributed by atoms with E-state index in [1.54, 1.807) is 0 Å². The molecular formula is C34H33Cl3N4O2. The number of aliphatic hydroxyl groups is 2. The van der Waals surface area contributed by atoms with Crippen molar-refractivity contribution in [2.45, 2.75) is 25.3 Å². The summed E-state index contributed by atoms with van der Waals surface area (Å²) in [6.45, 7) is 5.56. The summed E-state index contributed by atoms with van der Waals surface area (Å²) in [4.78, 5) is 4.63. The Morgan fingerprint density at radius 1 is 0.488 bits per heavy atom. The number of piperazine rings is 1. The minimum Gasteiger partial charge on any atom is -0.390 e. The standard InChI is InChI=1S/C34H33Cl3N4O2/c35-22-5-8-32-28(15-22)27-3-1-2-4-31(27)40(32)20-25(42)18-38-11-13-39(14-12-38)19-26(43)21-41-33-9-6-23(36)16-29(33)30-17-24(37)7-10-34(30)41/h1-10,15-17,25-26,42-43H,11-14,18-21H2/t25-,26-/m1/s1. The van der Waals surface area contributed by atoms with E-state index in [2.05, 4.69) is 31.1 Å². The van der Waals surface area contributed by atoms with Gasteiger partial charge >= 0.3 is 0 Å². The highest BCUT2D eigenvalue weighted by Gasteiger charge is 2.23. The maximum atomic E-state index is 11.2. The quantitative estimate of drug-likeness (QED) is 0.191. The van der Waals surface area contributed by atoms with E-state index in [4.69, 9.17) is 34.8 Å². The smallest absolute Gasteiger partial charge is 0.0845 e. The highest BCUT2D eigenvalue weighted by molar-refractivity contribution is 6.33. The molecule has 0 saturated carbocycles. The Morgan fingerprint density at radius 3 is 1.30 bits per heavy atom. The number of benzene rings is 4. The summed E-state index contributed by atoms with van der Waals surface area (Å²) in [6, 6.07) is 25.9. The number of β-amino-alcohol motifs (C(OH)–C–C–N with tert-alkyl or cyclic N) is 2. The van der Waals surface area contributed by atoms with Crippen LogP contribution in [0, 0.1) is 0 Å². The molecule has 2 atom stereocenters. The summed E-state index contributed by atoms with van der Waals surface area (Å²) in [5.74, 6) is 0. The normalized spacial score (nSPS) is 16.6. The van der Waals surface area contributed by atoms with Crippen LogP contribution in [-0.2, 0) is 13.1 Å². The molecule has 2 N–H and O–H groups in total. The molecule has 7 rings (SSSR count). The van der Waals surface area contributed by atoms with Gasteiger partial charge in [-0.15, -0.1) is 0 Å². The molecule has 2 aromatic heterocycles. The summed E-state index contributed by atoms with van der Waals surface area (Å²) in [5.41, 5.74) is 4.25. The molecule has 0 bridgehead atoms. The SMILES string of the molecule is O[C@H](CN1CCN(C[C@@H](O)Cn2c3ccc(Cl)cc3c3cc(Cl)ccc32)CC1)Cn1c2ccccc2c2cc(Cl)ccc21. The van der Waals surface area contributed by atoms with Gasteiger partial charge in [0.2, 0.25) is 0 Å². The lowest BCUT2D eigenvalue weighted by Gasteiger charge is -2.36. The van der Waals surface area contributed by atoms with E-state index in [1.165, 1.54) is 0 Å². The first-order valence-electron chi connectivity index (χ1n) is 14.7. The molecule has 0 unspecified atom stereocenters. The second kappa shape index (κ2) is 11.9. The number of nitrogens with zero attached hydrogens (tertiary/aromatic N) is 4. The van der Waals surface area contributed by atoms with Crippen molar-refractivity contribution in [2.75, 3.05) is 39.3 Å². The molecule has 0 radical (unpaired) electrons. The van der Waals surface area contributed by atoms with Gasteiger partial charge in [-0.3, -0.25) is 9.80 Å². The number of halogens is 3. The lowest BCUT2D eigenvalue weighted by Crippen LogP contribution is -2.50. The van der Waals surface area contributed by atoms with Gasteiger partial charge in [-0.05, 0) is 60.7 Å². The highest BCUT2D eigenvalue weighted by Crippen LogP contribution is 2.34. The van der Waals surface area contributed by atoms with E-state index in [-0.39, 0.29) is 0 Å². The average molecular weight is 636 g/mol. The predicted octanol–water partition coefficient (Wildman–Crippen LogP) is 6.90. The van der Waals surface area contributed by atoms with E-state index in [1.807, 2.05) is 66.7 Å². The Morgan fingerprint density at radius 2 is 0.860 bits per heavy atom. The maximum Gasteiger partial charge on any atom is 0.0845 e. The molecule has 222 valence electrons. The molecule has 43 heavy (non-hydrogen) atoms. The molecule has 4 aromatic carbocycles. The molecule has 6 aromatic rings. The Kier molecular flexibility index (Phi) is 8.03. The third kappa shape index (κ3) is 5.74. The number of rotatable bonds is 8. The van der Waals surface area contributed by atoms with Crippen LogP contribution in [0.4, 0.5) is 0 Å². The third-order valence-electron chi connectivity index (χ3n) is 8.71. The molecule has 1 fully saturated rings. The molecule has 6 nitrogen and oxygen atoms in total. The van der Waals surface area contributed by atoms with Gasteiger partial charge < -0.3 is 19.3 Å². The first-order valence-corrected chi connectivity index (χ1v) is 15.8. The molecule has 3 heterocycles. The summed E-state index contributed by atoms with van der Waals surface area (Å²) in [7, 11) is 0. The van der Waals surface area contributed by atoms with E-state index in [9.17, 15) is 10.2 Å². The molecular weight excluding hydrogens is 603 g/mol. The van der Waals surface area contributed by atoms with E-state index in [0.717, 1.165) is 69.8 Å². The Hall–Kier alpha value is -2.81. The van der Waals surface area contributed by atoms with Crippen molar-refractivity contribution in [3.63, 3.8) is 0 Å². The van der Waals surface area contributed by atoms with Crippen molar-refractivity contribution < 1.29 is 10.2 Å². The first kappa shape index (κ1) is 28.9. The summed E-state index contributed by atoms with van der Waals surface area (Å²) in [5, 5.41) is 28.7. The van der Waals surface area contributed by atoms with Crippen LogP contribution < -0.4 is 0 Å². The monoisotopic (exact) mass is 634 g/mol. The molecule has 1 saturated heterocycles. The molecule has 0 amide bonds. The van der Waals surface area contributed by atoms with Crippen LogP contribution in [0.25, 0.3) is 43.6 Å². The number of fused-ring (bicyclic) bond motifs is 6. The second-order valence-electron chi connectivity index (χ2n) is 11.6. The van der Waals surface area contributed by atoms with E-state index < -0.39 is 12.2 Å². The number of hydrogen-bond acceptors (Lipinski definition) is 4. The van der Waals surface area contributed by atoms with Crippen LogP contribution in [0.5, 0.6) is 0 Å². The highest BCUT2D eigenvalue weighted by atomic mass is 35.5. The van der Waals surface area contributed by atoms with Crippen molar-refractivity contribution in [3.05, 3.63) is 93.9 Å². The molecule has 9 heteroatoms. The zero-order valence-corrected chi connectivity index (χ0v) is 25.9. The summed E-state index contributed by atoms with van der Waals surface area (Å²) < 4.78 is 4.37. The van der Waals surface area contributed by atoms with Gasteiger partial charge in [0, 0.05) is 97.9 Å². The van der Waals surface area contributed by atoms with Gasteiger partial charge in [-0.2, -0.15) is 0 Å². The fourth-order valence-electron chi connectivity index (χ4n) is 6.76. The van der Waals surface area contributed by atoms with Crippen molar-refractivity contribution in [3.8, 4) is 0 Å². The molecule has 0 spiro atoms. The number of aromatic nitrogens is 2. The fraction of sp³-hybridized carbons (Fsp3) is 0.294. The van der Waals surface area contributed by atoms with Crippen LogP contribution in [-0.4, -0.2) is 80.6 Å². The van der Waals surface area contributed by atoms with Crippen LogP contribution in [0.2, 0.25) is 15.1 Å². The van der Waals surface area contributed by atoms with Crippen LogP contribution >= 0.6 is 34.8 Å². The van der Waals surface area contributed by atoms with E-state index >= 15 is 0 Å². The van der Waals surface area contributed by atoms with Crippen LogP contribution in [0.15, 0.2) is 78.9 Å². The average Bonchev–Trinajstić information content (AvgIpc) is 3.45. The summed E-state index contributed by atoms with van der Waals surface area (Å²) in [6.07, 6.45) is -1.05. The zero-order chi connectivity index (χ0) is 29.7. The lowest BCUT2D eigenvalue weighted by molar-refractivity contribution is 0.0415. The molecule has 1 aliphatic heterocycles. The van der Waals surface area contributed by atoms with Crippen molar-refractivity contribution in [2.24, 2.45) is 0 Å². The van der Waals surface area contributed by atoms with Gasteiger partial charge in [-0.25, -0.2) is 0 Å². The predicted molar refractivity (Wildman–Crippen MR) is 179 cm³/mol. The topological polar surface area (TPSA) is 56.8 Å². The minimum atomic E-state index is -0.536. The lowest BCUT2D eigenvalue weighted by atomic mass is 10.1. The van der Waals surface area contributed by atoms with Crippen LogP contribution in [0.1, 0.15) is 0 Å². The summed E-state index contributed by atoms with van der Waals surface area (Å²) >= 11 is 18.9. The molecule has 0 aliphatic carbocycles. The van der Waals surface area contributed by atoms with Gasteiger partial charge in [0.1, 0.15) is 0 Å². The largest absolute Gasteiger partial charge is 0.390 e. The van der Waals surface area contributed by atoms with E-state index in [0.29, 0.717) is 41.2 Å². The zero-order valence-electron chi connectivity index (χ0n) is 23.6. The number of hydrogen-bond donors (Lipinski definition) is 2. The maximum absolute atomic E-state index is 11.2. The number of para-hydroxylation sites is 1. The van der Waals surface area contributed by atoms with Gasteiger partial charge in [-0.1, -0.05) is 53.0 Å². The Balaban J connectivity index is 0.978. The van der Waals surface area contributed by atoms with Crippen molar-refractivity contribution in [1.82, 2.24) is 18.9 Å². The van der Waals surface area contributed by atoms with Gasteiger partial charge in [0.25, 0.3) is 0 Å². The van der Waals surface area contributed by atoms with Gasteiger partial charge in [0.15, 0.2) is 0 Å². The second-order valence-corrected chi connectivity index (χ2v) is 12.9. The van der Waals surface area contributed by atoms with Crippen LogP contribution in [0.3, 0.4) is 0 Å². The first-order chi connectivity index (χ1) is 20.8. The van der Waals surface area contributed by atoms with Gasteiger partial charge in [0.05, 0.1) is 25.3 Å². The fourth-order valence-corrected chi connectivity index (χ4v) is 7.27. The number of aliphatic hydroxyl groups excluding tert-OH is 2. The molecule has 1 aliphatic rings. The minimum absolute atomic E-state index is 0.478. The Bertz CT molecular complexity index is 1880. The Labute approximate surface area is 265 Å². The third-order valence-corrected chi connectivity index (χ3v) is 9.42. The van der Waals surface area contributed by atoms with Crippen molar-refractivity contribution >= 4 is 78.4 Å². The van der Waals surface area contributed by atoms with Crippen molar-refractivity contribution in [1.29, 1.82) is 0 Å².